The lowest BCUT2D eigenvalue weighted by atomic mass is 10.1. The molecule has 0 radical (unpaired) electrons. The number of rotatable bonds is 4. The molecule has 5 nitrogen and oxygen atoms in total. The molecule has 2 aromatic rings. The van der Waals surface area contributed by atoms with E-state index in [0.717, 1.165) is 35.9 Å². The average molecular weight is 298 g/mol. The first-order valence-electron chi connectivity index (χ1n) is 7.78. The third-order valence-electron chi connectivity index (χ3n) is 4.02. The minimum atomic E-state index is 0.963. The summed E-state index contributed by atoms with van der Waals surface area (Å²) < 4.78 is 2.03. The Morgan fingerprint density at radius 2 is 1.86 bits per heavy atom. The Bertz CT molecular complexity index is 642. The summed E-state index contributed by atoms with van der Waals surface area (Å²) in [7, 11) is 1.56. The van der Waals surface area contributed by atoms with Crippen molar-refractivity contribution >= 4 is 12.0 Å². The monoisotopic (exact) mass is 298 g/mol. The zero-order chi connectivity index (χ0) is 15.4. The number of hydrogen-bond donors (Lipinski definition) is 0. The van der Waals surface area contributed by atoms with E-state index in [-0.39, 0.29) is 0 Å². The molecule has 1 aliphatic rings. The Kier molecular flexibility index (Phi) is 4.42. The zero-order valence-electron chi connectivity index (χ0n) is 13.2. The molecule has 0 N–H and O–H groups in total. The molecule has 1 aliphatic heterocycles. The summed E-state index contributed by atoms with van der Waals surface area (Å²) in [6, 6.07) is 10.3. The van der Waals surface area contributed by atoms with Crippen LogP contribution in [0, 0.1) is 6.92 Å². The average Bonchev–Trinajstić information content (AvgIpc) is 2.91. The van der Waals surface area contributed by atoms with Crippen LogP contribution in [0.2, 0.25) is 0 Å². The maximum absolute atomic E-state index is 4.87. The molecule has 22 heavy (non-hydrogen) atoms. The fraction of sp³-hybridized carbons (Fsp3) is 0.412. The van der Waals surface area contributed by atoms with Crippen LogP contribution in [0.5, 0.6) is 0 Å². The molecule has 0 spiro atoms. The molecule has 3 rings (SSSR count). The van der Waals surface area contributed by atoms with Crippen LogP contribution in [0.1, 0.15) is 30.5 Å². The summed E-state index contributed by atoms with van der Waals surface area (Å²) in [5.41, 5.74) is 3.07. The van der Waals surface area contributed by atoms with Gasteiger partial charge >= 0.3 is 0 Å². The number of piperidine rings is 1. The molecule has 1 fully saturated rings. The number of aromatic nitrogens is 2. The summed E-state index contributed by atoms with van der Waals surface area (Å²) in [6.45, 7) is 4.14. The van der Waals surface area contributed by atoms with Crippen LogP contribution in [0.15, 0.2) is 35.5 Å². The number of aryl methyl sites for hydroxylation is 1. The van der Waals surface area contributed by atoms with Crippen molar-refractivity contribution in [3.8, 4) is 5.69 Å². The first kappa shape index (κ1) is 14.6. The first-order chi connectivity index (χ1) is 10.8. The van der Waals surface area contributed by atoms with E-state index in [1.165, 1.54) is 19.3 Å². The summed E-state index contributed by atoms with van der Waals surface area (Å²) >= 11 is 0. The molecule has 1 saturated heterocycles. The van der Waals surface area contributed by atoms with E-state index < -0.39 is 0 Å². The lowest BCUT2D eigenvalue weighted by molar-refractivity contribution is 0.215. The summed E-state index contributed by atoms with van der Waals surface area (Å²) in [5.74, 6) is 1.12. The molecule has 0 bridgehead atoms. The van der Waals surface area contributed by atoms with Gasteiger partial charge in [0.1, 0.15) is 12.9 Å². The third kappa shape index (κ3) is 2.84. The predicted molar refractivity (Wildman–Crippen MR) is 89.0 cm³/mol. The number of benzene rings is 1. The highest BCUT2D eigenvalue weighted by Crippen LogP contribution is 2.28. The number of para-hydroxylation sites is 1. The number of anilines is 1. The molecule has 0 amide bonds. The standard InChI is InChI=1S/C17H22N4O/c1-14-16(13-18-22-2)17(20-11-7-4-8-12-20)21(19-14)15-9-5-3-6-10-15/h3,5-6,9-10,13H,4,7-8,11-12H2,1-2H3/b18-13-. The van der Waals surface area contributed by atoms with Gasteiger partial charge in [-0.1, -0.05) is 23.4 Å². The van der Waals surface area contributed by atoms with Crippen LogP contribution < -0.4 is 4.90 Å². The molecule has 0 unspecified atom stereocenters. The molecule has 0 atom stereocenters. The van der Waals surface area contributed by atoms with Gasteiger partial charge in [-0.25, -0.2) is 4.68 Å². The van der Waals surface area contributed by atoms with E-state index in [4.69, 9.17) is 9.94 Å². The van der Waals surface area contributed by atoms with E-state index in [1.807, 2.05) is 29.8 Å². The molecule has 0 aliphatic carbocycles. The van der Waals surface area contributed by atoms with Crippen LogP contribution in [0.4, 0.5) is 5.82 Å². The summed E-state index contributed by atoms with van der Waals surface area (Å²) in [4.78, 5) is 7.28. The van der Waals surface area contributed by atoms with Gasteiger partial charge in [0.05, 0.1) is 23.2 Å². The lowest BCUT2D eigenvalue weighted by Gasteiger charge is -2.29. The molecular weight excluding hydrogens is 276 g/mol. The molecule has 0 saturated carbocycles. The van der Waals surface area contributed by atoms with Crippen molar-refractivity contribution in [2.24, 2.45) is 5.16 Å². The van der Waals surface area contributed by atoms with E-state index in [9.17, 15) is 0 Å². The fourth-order valence-electron chi connectivity index (χ4n) is 2.94. The van der Waals surface area contributed by atoms with E-state index in [2.05, 4.69) is 22.2 Å². The molecular formula is C17H22N4O. The Balaban J connectivity index is 2.10. The van der Waals surface area contributed by atoms with Crippen LogP contribution in [-0.2, 0) is 4.84 Å². The summed E-state index contributed by atoms with van der Waals surface area (Å²) in [6.07, 6.45) is 5.52. The molecule has 1 aromatic heterocycles. The first-order valence-corrected chi connectivity index (χ1v) is 7.78. The van der Waals surface area contributed by atoms with Gasteiger partial charge in [-0.3, -0.25) is 0 Å². The number of oxime groups is 1. The largest absolute Gasteiger partial charge is 0.399 e. The van der Waals surface area contributed by atoms with Crippen LogP contribution in [-0.4, -0.2) is 36.2 Å². The molecule has 116 valence electrons. The van der Waals surface area contributed by atoms with Gasteiger partial charge in [-0.2, -0.15) is 5.10 Å². The maximum Gasteiger partial charge on any atom is 0.141 e. The van der Waals surface area contributed by atoms with Crippen molar-refractivity contribution in [3.63, 3.8) is 0 Å². The second kappa shape index (κ2) is 6.64. The minimum absolute atomic E-state index is 0.963. The Morgan fingerprint density at radius 1 is 1.14 bits per heavy atom. The van der Waals surface area contributed by atoms with Crippen molar-refractivity contribution in [3.05, 3.63) is 41.6 Å². The van der Waals surface area contributed by atoms with Crippen molar-refractivity contribution in [1.29, 1.82) is 0 Å². The van der Waals surface area contributed by atoms with Crippen LogP contribution in [0.25, 0.3) is 5.69 Å². The SMILES string of the molecule is CO/N=C\c1c(C)nn(-c2ccccc2)c1N1CCCCC1. The van der Waals surface area contributed by atoms with E-state index in [1.54, 1.807) is 13.3 Å². The third-order valence-corrected chi connectivity index (χ3v) is 4.02. The Hall–Kier alpha value is -2.30. The molecule has 5 heteroatoms. The van der Waals surface area contributed by atoms with Gasteiger partial charge in [-0.15, -0.1) is 0 Å². The quantitative estimate of drug-likeness (QED) is 0.643. The number of nitrogens with zero attached hydrogens (tertiary/aromatic N) is 4. The van der Waals surface area contributed by atoms with Crippen LogP contribution in [0.3, 0.4) is 0 Å². The van der Waals surface area contributed by atoms with Crippen molar-refractivity contribution < 1.29 is 4.84 Å². The van der Waals surface area contributed by atoms with Gasteiger partial charge < -0.3 is 9.74 Å². The Morgan fingerprint density at radius 3 is 2.55 bits per heavy atom. The van der Waals surface area contributed by atoms with Crippen molar-refractivity contribution in [1.82, 2.24) is 9.78 Å². The maximum atomic E-state index is 4.87. The number of hydrogen-bond acceptors (Lipinski definition) is 4. The minimum Gasteiger partial charge on any atom is -0.399 e. The highest BCUT2D eigenvalue weighted by molar-refractivity contribution is 5.88. The Labute approximate surface area is 131 Å². The van der Waals surface area contributed by atoms with Gasteiger partial charge in [0.15, 0.2) is 0 Å². The normalized spacial score (nSPS) is 15.5. The second-order valence-corrected chi connectivity index (χ2v) is 5.53. The molecule has 1 aromatic carbocycles. The second-order valence-electron chi connectivity index (χ2n) is 5.53. The smallest absolute Gasteiger partial charge is 0.141 e. The van der Waals surface area contributed by atoms with E-state index in [0.29, 0.717) is 0 Å². The predicted octanol–water partition coefficient (Wildman–Crippen LogP) is 3.15. The highest BCUT2D eigenvalue weighted by atomic mass is 16.6. The topological polar surface area (TPSA) is 42.7 Å². The summed E-state index contributed by atoms with van der Waals surface area (Å²) in [5, 5.41) is 8.70. The van der Waals surface area contributed by atoms with Gasteiger partial charge in [0.2, 0.25) is 0 Å². The van der Waals surface area contributed by atoms with Gasteiger partial charge in [-0.05, 0) is 38.3 Å². The highest BCUT2D eigenvalue weighted by Gasteiger charge is 2.22. The molecule has 2 heterocycles. The van der Waals surface area contributed by atoms with Gasteiger partial charge in [0.25, 0.3) is 0 Å². The van der Waals surface area contributed by atoms with Crippen molar-refractivity contribution in [2.75, 3.05) is 25.1 Å². The van der Waals surface area contributed by atoms with Gasteiger partial charge in [0, 0.05) is 13.1 Å². The van der Waals surface area contributed by atoms with Crippen LogP contribution >= 0.6 is 0 Å². The van der Waals surface area contributed by atoms with Crippen molar-refractivity contribution in [2.45, 2.75) is 26.2 Å². The zero-order valence-corrected chi connectivity index (χ0v) is 13.2. The lowest BCUT2D eigenvalue weighted by Crippen LogP contribution is -2.32. The van der Waals surface area contributed by atoms with E-state index >= 15 is 0 Å². The fourth-order valence-corrected chi connectivity index (χ4v) is 2.94.